The third kappa shape index (κ3) is 4.19. The highest BCUT2D eigenvalue weighted by Gasteiger charge is 2.01. The van der Waals surface area contributed by atoms with Gasteiger partial charge in [0.2, 0.25) is 0 Å². The molecular weight excluding hydrogens is 282 g/mol. The number of halogens is 1. The molecule has 0 fully saturated rings. The Hall–Kier alpha value is -1.65. The van der Waals surface area contributed by atoms with Gasteiger partial charge in [0.15, 0.2) is 0 Å². The Morgan fingerprint density at radius 2 is 1.58 bits per heavy atom. The minimum Gasteiger partial charge on any atom is -0.457 e. The second kappa shape index (κ2) is 6.50. The average Bonchev–Trinajstić information content (AvgIpc) is 2.43. The van der Waals surface area contributed by atoms with Crippen LogP contribution in [0.5, 0.6) is 11.5 Å². The van der Waals surface area contributed by atoms with E-state index in [0.717, 1.165) is 17.4 Å². The van der Waals surface area contributed by atoms with E-state index >= 15 is 0 Å². The second-order valence-electron chi connectivity index (χ2n) is 3.70. The predicted octanol–water partition coefficient (Wildman–Crippen LogP) is 5.03. The van der Waals surface area contributed by atoms with Crippen LogP contribution in [0.2, 0.25) is 5.02 Å². The Morgan fingerprint density at radius 1 is 1.05 bits per heavy atom. The molecule has 2 aromatic carbocycles. The van der Waals surface area contributed by atoms with Crippen molar-refractivity contribution in [3.63, 3.8) is 0 Å². The van der Waals surface area contributed by atoms with Gasteiger partial charge in [0.25, 0.3) is 5.24 Å². The Balaban J connectivity index is 2.02. The molecule has 1 N–H and O–H groups in total. The summed E-state index contributed by atoms with van der Waals surface area (Å²) in [5.74, 6) is 1.41. The first-order valence-electron chi connectivity index (χ1n) is 5.56. The molecule has 3 nitrogen and oxygen atoms in total. The molecule has 0 saturated heterocycles. The highest BCUT2D eigenvalue weighted by molar-refractivity contribution is 8.13. The highest BCUT2D eigenvalue weighted by atomic mass is 35.5. The summed E-state index contributed by atoms with van der Waals surface area (Å²) in [5, 5.41) is 3.32. The summed E-state index contributed by atoms with van der Waals surface area (Å²) in [7, 11) is 0. The zero-order valence-electron chi connectivity index (χ0n) is 10.2. The number of hydrogen-bond donors (Lipinski definition) is 1. The SMILES string of the molecule is CSC(=O)Nc1ccc(Oc2ccc(Cl)cc2)cc1. The quantitative estimate of drug-likeness (QED) is 0.863. The third-order valence-electron chi connectivity index (χ3n) is 2.34. The number of benzene rings is 2. The van der Waals surface area contributed by atoms with Gasteiger partial charge in [-0.2, -0.15) is 0 Å². The van der Waals surface area contributed by atoms with Gasteiger partial charge >= 0.3 is 0 Å². The topological polar surface area (TPSA) is 38.3 Å². The van der Waals surface area contributed by atoms with Crippen LogP contribution in [-0.4, -0.2) is 11.5 Å². The molecule has 5 heteroatoms. The minimum atomic E-state index is -0.0913. The predicted molar refractivity (Wildman–Crippen MR) is 80.5 cm³/mol. The van der Waals surface area contributed by atoms with Gasteiger partial charge in [0.1, 0.15) is 11.5 Å². The first-order chi connectivity index (χ1) is 9.17. The largest absolute Gasteiger partial charge is 0.457 e. The van der Waals surface area contributed by atoms with Crippen molar-refractivity contribution >= 4 is 34.3 Å². The van der Waals surface area contributed by atoms with Crippen LogP contribution in [0.15, 0.2) is 48.5 Å². The molecule has 2 rings (SSSR count). The number of anilines is 1. The van der Waals surface area contributed by atoms with Crippen molar-refractivity contribution < 1.29 is 9.53 Å². The van der Waals surface area contributed by atoms with Gasteiger partial charge in [-0.05, 0) is 54.8 Å². The fourth-order valence-corrected chi connectivity index (χ4v) is 1.76. The van der Waals surface area contributed by atoms with E-state index < -0.39 is 0 Å². The molecule has 0 aliphatic heterocycles. The van der Waals surface area contributed by atoms with E-state index in [9.17, 15) is 4.79 Å². The van der Waals surface area contributed by atoms with Gasteiger partial charge in [-0.25, -0.2) is 0 Å². The minimum absolute atomic E-state index is 0.0913. The third-order valence-corrected chi connectivity index (χ3v) is 3.06. The van der Waals surface area contributed by atoms with Crippen LogP contribution in [-0.2, 0) is 0 Å². The number of rotatable bonds is 3. The maximum atomic E-state index is 11.2. The Morgan fingerprint density at radius 3 is 2.11 bits per heavy atom. The van der Waals surface area contributed by atoms with Crippen LogP contribution in [0.3, 0.4) is 0 Å². The Labute approximate surface area is 120 Å². The van der Waals surface area contributed by atoms with Crippen LogP contribution in [0.1, 0.15) is 0 Å². The van der Waals surface area contributed by atoms with Crippen molar-refractivity contribution in [1.82, 2.24) is 0 Å². The second-order valence-corrected chi connectivity index (χ2v) is 4.91. The molecule has 0 atom stereocenters. The summed E-state index contributed by atoms with van der Waals surface area (Å²) in [5.41, 5.74) is 0.739. The summed E-state index contributed by atoms with van der Waals surface area (Å²) in [6, 6.07) is 14.3. The molecule has 0 aliphatic carbocycles. The molecular formula is C14H12ClNO2S. The van der Waals surface area contributed by atoms with Gasteiger partial charge in [-0.15, -0.1) is 0 Å². The summed E-state index contributed by atoms with van der Waals surface area (Å²) in [4.78, 5) is 11.2. The number of thioether (sulfide) groups is 1. The lowest BCUT2D eigenvalue weighted by atomic mass is 10.3. The van der Waals surface area contributed by atoms with Crippen molar-refractivity contribution in [2.75, 3.05) is 11.6 Å². The molecule has 0 unspecified atom stereocenters. The first kappa shape index (κ1) is 13.8. The van der Waals surface area contributed by atoms with E-state index in [-0.39, 0.29) is 5.24 Å². The van der Waals surface area contributed by atoms with Gasteiger partial charge in [0.05, 0.1) is 0 Å². The highest BCUT2D eigenvalue weighted by Crippen LogP contribution is 2.24. The van der Waals surface area contributed by atoms with Gasteiger partial charge in [-0.3, -0.25) is 4.79 Å². The van der Waals surface area contributed by atoms with E-state index in [1.807, 2.05) is 0 Å². The van der Waals surface area contributed by atoms with E-state index in [1.165, 1.54) is 0 Å². The normalized spacial score (nSPS) is 10.0. The number of nitrogens with one attached hydrogen (secondary N) is 1. The summed E-state index contributed by atoms with van der Waals surface area (Å²) in [6.07, 6.45) is 1.73. The molecule has 0 bridgehead atoms. The lowest BCUT2D eigenvalue weighted by molar-refractivity contribution is 0.270. The number of ether oxygens (including phenoxy) is 1. The number of hydrogen-bond acceptors (Lipinski definition) is 3. The molecule has 1 amide bonds. The molecule has 0 radical (unpaired) electrons. The van der Waals surface area contributed by atoms with E-state index in [1.54, 1.807) is 54.8 Å². The van der Waals surface area contributed by atoms with Crippen molar-refractivity contribution in [1.29, 1.82) is 0 Å². The van der Waals surface area contributed by atoms with E-state index in [2.05, 4.69) is 5.32 Å². The summed E-state index contributed by atoms with van der Waals surface area (Å²) >= 11 is 6.93. The maximum Gasteiger partial charge on any atom is 0.283 e. The molecule has 98 valence electrons. The van der Waals surface area contributed by atoms with E-state index in [4.69, 9.17) is 16.3 Å². The van der Waals surface area contributed by atoms with Crippen LogP contribution in [0.4, 0.5) is 10.5 Å². The molecule has 0 heterocycles. The Kier molecular flexibility index (Phi) is 4.71. The van der Waals surface area contributed by atoms with Crippen molar-refractivity contribution in [2.24, 2.45) is 0 Å². The van der Waals surface area contributed by atoms with Crippen molar-refractivity contribution in [3.05, 3.63) is 53.6 Å². The zero-order chi connectivity index (χ0) is 13.7. The lowest BCUT2D eigenvalue weighted by Gasteiger charge is -2.07. The molecule has 0 aromatic heterocycles. The summed E-state index contributed by atoms with van der Waals surface area (Å²) in [6.45, 7) is 0. The van der Waals surface area contributed by atoms with Crippen molar-refractivity contribution in [2.45, 2.75) is 0 Å². The molecule has 2 aromatic rings. The van der Waals surface area contributed by atoms with Crippen LogP contribution >= 0.6 is 23.4 Å². The smallest absolute Gasteiger partial charge is 0.283 e. The van der Waals surface area contributed by atoms with Crippen LogP contribution in [0, 0.1) is 0 Å². The maximum absolute atomic E-state index is 11.2. The molecule has 0 saturated carbocycles. The zero-order valence-corrected chi connectivity index (χ0v) is 11.8. The number of carbonyl (C=O) groups excluding carboxylic acids is 1. The van der Waals surface area contributed by atoms with Gasteiger partial charge in [-0.1, -0.05) is 23.4 Å². The number of carbonyl (C=O) groups is 1. The first-order valence-corrected chi connectivity index (χ1v) is 7.16. The fraction of sp³-hybridized carbons (Fsp3) is 0.0714. The average molecular weight is 294 g/mol. The molecule has 0 spiro atoms. The lowest BCUT2D eigenvalue weighted by Crippen LogP contribution is -2.03. The number of amides is 1. The fourth-order valence-electron chi connectivity index (χ4n) is 1.41. The van der Waals surface area contributed by atoms with Gasteiger partial charge < -0.3 is 10.1 Å². The van der Waals surface area contributed by atoms with Crippen molar-refractivity contribution in [3.8, 4) is 11.5 Å². The van der Waals surface area contributed by atoms with Crippen LogP contribution < -0.4 is 10.1 Å². The Bertz CT molecular complexity index is 555. The van der Waals surface area contributed by atoms with Crippen LogP contribution in [0.25, 0.3) is 0 Å². The monoisotopic (exact) mass is 293 g/mol. The molecule has 0 aliphatic rings. The standard InChI is InChI=1S/C14H12ClNO2S/c1-19-14(17)16-11-4-8-13(9-5-11)18-12-6-2-10(15)3-7-12/h2-9H,1H3,(H,16,17). The van der Waals surface area contributed by atoms with E-state index in [0.29, 0.717) is 16.5 Å². The summed E-state index contributed by atoms with van der Waals surface area (Å²) < 4.78 is 5.64. The molecule has 19 heavy (non-hydrogen) atoms. The van der Waals surface area contributed by atoms with Gasteiger partial charge in [0, 0.05) is 10.7 Å².